The topological polar surface area (TPSA) is 26.3 Å². The van der Waals surface area contributed by atoms with Crippen LogP contribution in [0.5, 0.6) is 5.75 Å². The Kier molecular flexibility index (Phi) is 3.34. The quantitative estimate of drug-likeness (QED) is 0.348. The molecule has 1 aromatic carbocycles. The second kappa shape index (κ2) is 4.74. The molecule has 0 N–H and O–H groups in total. The van der Waals surface area contributed by atoms with Crippen molar-refractivity contribution in [3.8, 4) is 5.75 Å². The first kappa shape index (κ1) is 11.3. The van der Waals surface area contributed by atoms with Crippen LogP contribution in [0.1, 0.15) is 12.0 Å². The lowest BCUT2D eigenvalue weighted by atomic mass is 9.93. The Morgan fingerprint density at radius 3 is 3.12 bits per heavy atom. The van der Waals surface area contributed by atoms with Gasteiger partial charge >= 0.3 is 5.97 Å². The van der Waals surface area contributed by atoms with Gasteiger partial charge in [-0.2, -0.15) is 0 Å². The van der Waals surface area contributed by atoms with Crippen LogP contribution in [0.15, 0.2) is 35.7 Å². The number of hydrogen-bond donors (Lipinski definition) is 0. The third-order valence-corrected chi connectivity index (χ3v) is 3.45. The van der Waals surface area contributed by atoms with E-state index in [1.165, 1.54) is 4.90 Å². The first-order valence-corrected chi connectivity index (χ1v) is 6.46. The van der Waals surface area contributed by atoms with Gasteiger partial charge in [0.2, 0.25) is 0 Å². The van der Waals surface area contributed by atoms with Crippen LogP contribution in [0.2, 0.25) is 0 Å². The molecule has 0 radical (unpaired) electrons. The third kappa shape index (κ3) is 2.14. The molecule has 0 saturated heterocycles. The highest BCUT2D eigenvalue weighted by molar-refractivity contribution is 7.98. The lowest BCUT2D eigenvalue weighted by molar-refractivity contribution is -0.140. The third-order valence-electron chi connectivity index (χ3n) is 2.73. The molecular weight excluding hydrogens is 220 g/mol. The number of carbonyl (C=O) groups excluding carboxylic acids is 1. The smallest absolute Gasteiger partial charge is 0.314 e. The fraction of sp³-hybridized carbons (Fsp3) is 0.308. The SMILES string of the molecule is C=CCC1Cc2cc(SC)ccc2OC1=O. The average molecular weight is 234 g/mol. The molecule has 0 aliphatic carbocycles. The Hall–Kier alpha value is -1.22. The highest BCUT2D eigenvalue weighted by Gasteiger charge is 2.27. The number of rotatable bonds is 3. The van der Waals surface area contributed by atoms with Gasteiger partial charge in [-0.3, -0.25) is 4.79 Å². The summed E-state index contributed by atoms with van der Waals surface area (Å²) in [6.45, 7) is 3.67. The maximum atomic E-state index is 11.6. The van der Waals surface area contributed by atoms with Crippen LogP contribution in [-0.4, -0.2) is 12.2 Å². The van der Waals surface area contributed by atoms with Crippen molar-refractivity contribution in [1.82, 2.24) is 0 Å². The first-order valence-electron chi connectivity index (χ1n) is 5.24. The van der Waals surface area contributed by atoms with E-state index in [2.05, 4.69) is 12.6 Å². The van der Waals surface area contributed by atoms with Crippen molar-refractivity contribution in [1.29, 1.82) is 0 Å². The largest absolute Gasteiger partial charge is 0.426 e. The van der Waals surface area contributed by atoms with Gasteiger partial charge in [0.05, 0.1) is 5.92 Å². The maximum absolute atomic E-state index is 11.6. The van der Waals surface area contributed by atoms with E-state index in [1.54, 1.807) is 17.8 Å². The van der Waals surface area contributed by atoms with Crippen molar-refractivity contribution in [2.75, 3.05) is 6.26 Å². The molecule has 0 bridgehead atoms. The van der Waals surface area contributed by atoms with Gasteiger partial charge in [-0.15, -0.1) is 18.3 Å². The monoisotopic (exact) mass is 234 g/mol. The van der Waals surface area contributed by atoms with E-state index < -0.39 is 0 Å². The van der Waals surface area contributed by atoms with E-state index in [0.29, 0.717) is 12.2 Å². The minimum atomic E-state index is -0.135. The summed E-state index contributed by atoms with van der Waals surface area (Å²) < 4.78 is 5.30. The second-order valence-electron chi connectivity index (χ2n) is 3.82. The molecule has 2 nitrogen and oxygen atoms in total. The molecule has 16 heavy (non-hydrogen) atoms. The molecule has 1 unspecified atom stereocenters. The van der Waals surface area contributed by atoms with Crippen LogP contribution >= 0.6 is 11.8 Å². The fourth-order valence-electron chi connectivity index (χ4n) is 1.86. The number of allylic oxidation sites excluding steroid dienone is 1. The molecular formula is C13H14O2S. The molecule has 0 saturated carbocycles. The summed E-state index contributed by atoms with van der Waals surface area (Å²) in [7, 11) is 0. The van der Waals surface area contributed by atoms with Gasteiger partial charge in [0.25, 0.3) is 0 Å². The zero-order chi connectivity index (χ0) is 11.5. The molecule has 3 heteroatoms. The molecule has 2 rings (SSSR count). The number of thioether (sulfide) groups is 1. The molecule has 0 aromatic heterocycles. The van der Waals surface area contributed by atoms with Gasteiger partial charge < -0.3 is 4.74 Å². The number of ether oxygens (including phenoxy) is 1. The van der Waals surface area contributed by atoms with Gasteiger partial charge in [0, 0.05) is 4.90 Å². The molecule has 0 amide bonds. The summed E-state index contributed by atoms with van der Waals surface area (Å²) in [5, 5.41) is 0. The second-order valence-corrected chi connectivity index (χ2v) is 4.70. The molecule has 0 fully saturated rings. The summed E-state index contributed by atoms with van der Waals surface area (Å²) in [6, 6.07) is 5.95. The van der Waals surface area contributed by atoms with Crippen LogP contribution in [0.4, 0.5) is 0 Å². The molecule has 1 atom stereocenters. The first-order chi connectivity index (χ1) is 7.74. The predicted octanol–water partition coefficient (Wildman–Crippen LogP) is 3.06. The highest BCUT2D eigenvalue weighted by Crippen LogP contribution is 2.32. The van der Waals surface area contributed by atoms with Crippen LogP contribution in [-0.2, 0) is 11.2 Å². The molecule has 0 spiro atoms. The lowest BCUT2D eigenvalue weighted by Crippen LogP contribution is -2.27. The van der Waals surface area contributed by atoms with E-state index in [0.717, 1.165) is 12.0 Å². The van der Waals surface area contributed by atoms with Crippen molar-refractivity contribution in [2.24, 2.45) is 5.92 Å². The van der Waals surface area contributed by atoms with Gasteiger partial charge in [-0.25, -0.2) is 0 Å². The zero-order valence-electron chi connectivity index (χ0n) is 9.23. The fourth-order valence-corrected chi connectivity index (χ4v) is 2.33. The Morgan fingerprint density at radius 1 is 1.62 bits per heavy atom. The molecule has 1 heterocycles. The van der Waals surface area contributed by atoms with Crippen molar-refractivity contribution in [3.05, 3.63) is 36.4 Å². The summed E-state index contributed by atoms with van der Waals surface area (Å²) in [6.07, 6.45) is 5.25. The van der Waals surface area contributed by atoms with Crippen molar-refractivity contribution in [3.63, 3.8) is 0 Å². The number of benzene rings is 1. The predicted molar refractivity (Wildman–Crippen MR) is 65.9 cm³/mol. The zero-order valence-corrected chi connectivity index (χ0v) is 10.0. The van der Waals surface area contributed by atoms with Gasteiger partial charge in [0.15, 0.2) is 0 Å². The summed E-state index contributed by atoms with van der Waals surface area (Å²) in [5.74, 6) is 0.509. The van der Waals surface area contributed by atoms with Crippen LogP contribution in [0, 0.1) is 5.92 Å². The summed E-state index contributed by atoms with van der Waals surface area (Å²) in [4.78, 5) is 12.8. The Labute approximate surface area is 99.7 Å². The van der Waals surface area contributed by atoms with Gasteiger partial charge in [0.1, 0.15) is 5.75 Å². The Balaban J connectivity index is 2.28. The minimum Gasteiger partial charge on any atom is -0.426 e. The van der Waals surface area contributed by atoms with Crippen molar-refractivity contribution < 1.29 is 9.53 Å². The Bertz CT molecular complexity index is 426. The van der Waals surface area contributed by atoms with Crippen LogP contribution in [0.3, 0.4) is 0 Å². The lowest BCUT2D eigenvalue weighted by Gasteiger charge is -2.22. The van der Waals surface area contributed by atoms with E-state index in [9.17, 15) is 4.79 Å². The molecule has 1 aliphatic heterocycles. The average Bonchev–Trinajstić information content (AvgIpc) is 2.30. The van der Waals surface area contributed by atoms with Gasteiger partial charge in [-0.05, 0) is 42.9 Å². The molecule has 1 aromatic rings. The number of carbonyl (C=O) groups is 1. The van der Waals surface area contributed by atoms with Crippen LogP contribution < -0.4 is 4.74 Å². The minimum absolute atomic E-state index is 0.0675. The van der Waals surface area contributed by atoms with E-state index >= 15 is 0 Å². The molecule has 84 valence electrons. The standard InChI is InChI=1S/C13H14O2S/c1-3-4-9-7-10-8-11(16-2)5-6-12(10)15-13(9)14/h3,5-6,8-9H,1,4,7H2,2H3. The Morgan fingerprint density at radius 2 is 2.44 bits per heavy atom. The number of esters is 1. The van der Waals surface area contributed by atoms with Crippen molar-refractivity contribution >= 4 is 17.7 Å². The van der Waals surface area contributed by atoms with Gasteiger partial charge in [-0.1, -0.05) is 6.08 Å². The van der Waals surface area contributed by atoms with Crippen LogP contribution in [0.25, 0.3) is 0 Å². The summed E-state index contributed by atoms with van der Waals surface area (Å²) in [5.41, 5.74) is 1.12. The van der Waals surface area contributed by atoms with E-state index in [-0.39, 0.29) is 11.9 Å². The highest BCUT2D eigenvalue weighted by atomic mass is 32.2. The van der Waals surface area contributed by atoms with E-state index in [1.807, 2.05) is 18.4 Å². The normalized spacial score (nSPS) is 18.8. The number of fused-ring (bicyclic) bond motifs is 1. The maximum Gasteiger partial charge on any atom is 0.314 e. The number of hydrogen-bond acceptors (Lipinski definition) is 3. The summed E-state index contributed by atoms with van der Waals surface area (Å²) >= 11 is 1.70. The molecule has 1 aliphatic rings. The van der Waals surface area contributed by atoms with E-state index in [4.69, 9.17) is 4.74 Å². The van der Waals surface area contributed by atoms with Crippen molar-refractivity contribution in [2.45, 2.75) is 17.7 Å².